The zero-order valence-corrected chi connectivity index (χ0v) is 10.8. The molecule has 0 unspecified atom stereocenters. The van der Waals surface area contributed by atoms with Gasteiger partial charge in [-0.2, -0.15) is 0 Å². The van der Waals surface area contributed by atoms with Crippen molar-refractivity contribution in [3.63, 3.8) is 0 Å². The number of rotatable bonds is 5. The number of nitrogens with two attached hydrogens (primary N) is 1. The molecule has 0 saturated heterocycles. The topological polar surface area (TPSA) is 55.5 Å². The van der Waals surface area contributed by atoms with Gasteiger partial charge in [-0.1, -0.05) is 30.3 Å². The quantitative estimate of drug-likeness (QED) is 0.840. The molecular formula is C15H23NO2. The molecule has 2 rings (SSSR count). The van der Waals surface area contributed by atoms with E-state index in [-0.39, 0.29) is 0 Å². The minimum Gasteiger partial charge on any atom is -0.389 e. The largest absolute Gasteiger partial charge is 0.389 e. The molecule has 0 radical (unpaired) electrons. The van der Waals surface area contributed by atoms with Gasteiger partial charge in [-0.25, -0.2) is 0 Å². The van der Waals surface area contributed by atoms with E-state index in [9.17, 15) is 5.11 Å². The molecule has 0 amide bonds. The molecule has 0 atom stereocenters. The van der Waals surface area contributed by atoms with E-state index in [1.54, 1.807) is 0 Å². The maximum atomic E-state index is 10.0. The SMILES string of the molecule is NCC1(O)CCC(COCc2ccccc2)CC1. The lowest BCUT2D eigenvalue weighted by molar-refractivity contribution is -0.0191. The van der Waals surface area contributed by atoms with Gasteiger partial charge in [-0.05, 0) is 37.2 Å². The minimum atomic E-state index is -0.615. The number of aliphatic hydroxyl groups is 1. The Morgan fingerprint density at radius 1 is 1.22 bits per heavy atom. The summed E-state index contributed by atoms with van der Waals surface area (Å²) in [6, 6.07) is 10.2. The zero-order chi connectivity index (χ0) is 12.8. The second-order valence-electron chi connectivity index (χ2n) is 5.37. The first-order valence-corrected chi connectivity index (χ1v) is 6.76. The average Bonchev–Trinajstić information content (AvgIpc) is 2.42. The summed E-state index contributed by atoms with van der Waals surface area (Å²) < 4.78 is 5.75. The fourth-order valence-corrected chi connectivity index (χ4v) is 2.50. The van der Waals surface area contributed by atoms with E-state index in [1.165, 1.54) is 5.56 Å². The molecule has 0 aromatic heterocycles. The Bertz CT molecular complexity index is 345. The van der Waals surface area contributed by atoms with Crippen LogP contribution < -0.4 is 5.73 Å². The number of benzene rings is 1. The predicted molar refractivity (Wildman–Crippen MR) is 72.1 cm³/mol. The third kappa shape index (κ3) is 3.80. The molecule has 1 aliphatic rings. The molecule has 0 heterocycles. The summed E-state index contributed by atoms with van der Waals surface area (Å²) in [5, 5.41) is 10.0. The molecule has 3 heteroatoms. The Morgan fingerprint density at radius 2 is 1.89 bits per heavy atom. The lowest BCUT2D eigenvalue weighted by Gasteiger charge is -2.34. The van der Waals surface area contributed by atoms with E-state index in [4.69, 9.17) is 10.5 Å². The van der Waals surface area contributed by atoms with Gasteiger partial charge < -0.3 is 15.6 Å². The monoisotopic (exact) mass is 249 g/mol. The Balaban J connectivity index is 1.67. The summed E-state index contributed by atoms with van der Waals surface area (Å²) in [7, 11) is 0. The van der Waals surface area contributed by atoms with Crippen LogP contribution in [0.2, 0.25) is 0 Å². The van der Waals surface area contributed by atoms with Crippen LogP contribution in [0.15, 0.2) is 30.3 Å². The van der Waals surface area contributed by atoms with E-state index in [0.717, 1.165) is 32.3 Å². The Kier molecular flexibility index (Phi) is 4.75. The van der Waals surface area contributed by atoms with Crippen molar-refractivity contribution in [1.82, 2.24) is 0 Å². The van der Waals surface area contributed by atoms with Crippen molar-refractivity contribution in [2.45, 2.75) is 37.9 Å². The standard InChI is InChI=1S/C15H23NO2/c16-12-15(17)8-6-14(7-9-15)11-18-10-13-4-2-1-3-5-13/h1-5,14,17H,6-12,16H2. The minimum absolute atomic E-state index is 0.380. The normalized spacial score (nSPS) is 28.2. The summed E-state index contributed by atoms with van der Waals surface area (Å²) in [5.74, 6) is 0.570. The van der Waals surface area contributed by atoms with Gasteiger partial charge >= 0.3 is 0 Å². The summed E-state index contributed by atoms with van der Waals surface area (Å²) in [4.78, 5) is 0. The maximum Gasteiger partial charge on any atom is 0.0769 e. The maximum absolute atomic E-state index is 10.0. The van der Waals surface area contributed by atoms with E-state index >= 15 is 0 Å². The first kappa shape index (κ1) is 13.5. The van der Waals surface area contributed by atoms with Crippen molar-refractivity contribution in [3.05, 3.63) is 35.9 Å². The molecule has 1 fully saturated rings. The molecule has 1 aliphatic carbocycles. The molecule has 1 saturated carbocycles. The molecular weight excluding hydrogens is 226 g/mol. The van der Waals surface area contributed by atoms with Gasteiger partial charge in [-0.3, -0.25) is 0 Å². The van der Waals surface area contributed by atoms with Crippen LogP contribution in [0.1, 0.15) is 31.2 Å². The Hall–Kier alpha value is -0.900. The van der Waals surface area contributed by atoms with Crippen LogP contribution in [0.4, 0.5) is 0 Å². The number of hydrogen-bond acceptors (Lipinski definition) is 3. The average molecular weight is 249 g/mol. The summed E-state index contributed by atoms with van der Waals surface area (Å²) in [6.07, 6.45) is 3.65. The van der Waals surface area contributed by atoms with Crippen molar-refractivity contribution >= 4 is 0 Å². The van der Waals surface area contributed by atoms with E-state index < -0.39 is 5.60 Å². The summed E-state index contributed by atoms with van der Waals surface area (Å²) in [6.45, 7) is 1.85. The lowest BCUT2D eigenvalue weighted by Crippen LogP contribution is -2.41. The highest BCUT2D eigenvalue weighted by atomic mass is 16.5. The fourth-order valence-electron chi connectivity index (χ4n) is 2.50. The van der Waals surface area contributed by atoms with Gasteiger partial charge in [0.15, 0.2) is 0 Å². The Labute approximate surface area is 109 Å². The zero-order valence-electron chi connectivity index (χ0n) is 10.8. The summed E-state index contributed by atoms with van der Waals surface area (Å²) in [5.41, 5.74) is 6.18. The van der Waals surface area contributed by atoms with Crippen molar-refractivity contribution in [1.29, 1.82) is 0 Å². The molecule has 1 aromatic carbocycles. The highest BCUT2D eigenvalue weighted by Gasteiger charge is 2.31. The van der Waals surface area contributed by atoms with E-state index in [2.05, 4.69) is 12.1 Å². The smallest absolute Gasteiger partial charge is 0.0769 e. The highest BCUT2D eigenvalue weighted by molar-refractivity contribution is 5.13. The molecule has 18 heavy (non-hydrogen) atoms. The molecule has 100 valence electrons. The first-order chi connectivity index (χ1) is 8.72. The molecule has 0 aliphatic heterocycles. The van der Waals surface area contributed by atoms with Crippen LogP contribution in [0.3, 0.4) is 0 Å². The van der Waals surface area contributed by atoms with Gasteiger partial charge in [-0.15, -0.1) is 0 Å². The van der Waals surface area contributed by atoms with Gasteiger partial charge in [0.05, 0.1) is 12.2 Å². The molecule has 3 N–H and O–H groups in total. The van der Waals surface area contributed by atoms with E-state index in [1.807, 2.05) is 18.2 Å². The van der Waals surface area contributed by atoms with Crippen molar-refractivity contribution in [2.24, 2.45) is 11.7 Å². The highest BCUT2D eigenvalue weighted by Crippen LogP contribution is 2.31. The van der Waals surface area contributed by atoms with Crippen LogP contribution in [0, 0.1) is 5.92 Å². The van der Waals surface area contributed by atoms with E-state index in [0.29, 0.717) is 19.1 Å². The van der Waals surface area contributed by atoms with Crippen molar-refractivity contribution in [2.75, 3.05) is 13.2 Å². The second kappa shape index (κ2) is 6.32. The lowest BCUT2D eigenvalue weighted by atomic mass is 9.79. The van der Waals surface area contributed by atoms with Crippen molar-refractivity contribution in [3.8, 4) is 0 Å². The number of ether oxygens (including phenoxy) is 1. The Morgan fingerprint density at radius 3 is 2.50 bits per heavy atom. The van der Waals surface area contributed by atoms with Gasteiger partial charge in [0.2, 0.25) is 0 Å². The number of hydrogen-bond donors (Lipinski definition) is 2. The predicted octanol–water partition coefficient (Wildman–Crippen LogP) is 2.08. The van der Waals surface area contributed by atoms with Crippen LogP contribution >= 0.6 is 0 Å². The molecule has 3 nitrogen and oxygen atoms in total. The molecule has 0 bridgehead atoms. The van der Waals surface area contributed by atoms with Gasteiger partial charge in [0.25, 0.3) is 0 Å². The van der Waals surface area contributed by atoms with Crippen molar-refractivity contribution < 1.29 is 9.84 Å². The summed E-state index contributed by atoms with van der Waals surface area (Å²) >= 11 is 0. The van der Waals surface area contributed by atoms with Crippen LogP contribution in [0.25, 0.3) is 0 Å². The van der Waals surface area contributed by atoms with Crippen LogP contribution in [-0.2, 0) is 11.3 Å². The van der Waals surface area contributed by atoms with Crippen LogP contribution in [0.5, 0.6) is 0 Å². The molecule has 0 spiro atoms. The third-order valence-corrected chi connectivity index (χ3v) is 3.88. The van der Waals surface area contributed by atoms with Gasteiger partial charge in [0, 0.05) is 13.2 Å². The fraction of sp³-hybridized carbons (Fsp3) is 0.600. The third-order valence-electron chi connectivity index (χ3n) is 3.88. The van der Waals surface area contributed by atoms with Gasteiger partial charge in [0.1, 0.15) is 0 Å². The molecule has 1 aromatic rings. The second-order valence-corrected chi connectivity index (χ2v) is 5.37. The first-order valence-electron chi connectivity index (χ1n) is 6.76. The van der Waals surface area contributed by atoms with Crippen LogP contribution in [-0.4, -0.2) is 23.9 Å².